The molecule has 0 aromatic carbocycles. The summed E-state index contributed by atoms with van der Waals surface area (Å²) in [5, 5.41) is 0. The normalized spacial score (nSPS) is 30.0. The Hall–Kier alpha value is -1.31. The Labute approximate surface area is 127 Å². The maximum absolute atomic E-state index is 14.9. The predicted octanol–water partition coefficient (Wildman–Crippen LogP) is 4.79. The maximum Gasteiger partial charge on any atom is 0.137 e. The quantitative estimate of drug-likeness (QED) is 0.635. The van der Waals surface area contributed by atoms with Gasteiger partial charge in [-0.3, -0.25) is 0 Å². The van der Waals surface area contributed by atoms with E-state index in [1.807, 2.05) is 0 Å². The first-order valence-corrected chi connectivity index (χ1v) is 8.11. The second-order valence-electron chi connectivity index (χ2n) is 7.02. The van der Waals surface area contributed by atoms with Gasteiger partial charge in [0.25, 0.3) is 0 Å². The molecule has 114 valence electrons. The molecule has 0 amide bonds. The van der Waals surface area contributed by atoms with E-state index in [2.05, 4.69) is 24.6 Å². The first-order chi connectivity index (χ1) is 10.0. The van der Waals surface area contributed by atoms with Crippen LogP contribution >= 0.6 is 0 Å². The van der Waals surface area contributed by atoms with Gasteiger partial charge in [-0.15, -0.1) is 6.58 Å². The molecule has 3 fully saturated rings. The van der Waals surface area contributed by atoms with Gasteiger partial charge in [0.2, 0.25) is 0 Å². The van der Waals surface area contributed by atoms with E-state index in [-0.39, 0.29) is 0 Å². The van der Waals surface area contributed by atoms with E-state index in [1.54, 1.807) is 6.08 Å². The summed E-state index contributed by atoms with van der Waals surface area (Å²) in [6.45, 7) is 13.7. The number of halogens is 1. The van der Waals surface area contributed by atoms with Crippen LogP contribution in [0.4, 0.5) is 4.39 Å². The predicted molar refractivity (Wildman–Crippen MR) is 86.7 cm³/mol. The topological polar surface area (TPSA) is 3.24 Å². The van der Waals surface area contributed by atoms with Gasteiger partial charge < -0.3 is 4.90 Å². The van der Waals surface area contributed by atoms with E-state index in [0.29, 0.717) is 18.8 Å². The van der Waals surface area contributed by atoms with Crippen LogP contribution < -0.4 is 0 Å². The number of piperidine rings is 1. The van der Waals surface area contributed by atoms with Crippen molar-refractivity contribution < 1.29 is 4.39 Å². The lowest BCUT2D eigenvalue weighted by atomic mass is 9.92. The van der Waals surface area contributed by atoms with Crippen molar-refractivity contribution in [3.05, 3.63) is 48.7 Å². The summed E-state index contributed by atoms with van der Waals surface area (Å²) >= 11 is 0. The summed E-state index contributed by atoms with van der Waals surface area (Å²) in [7, 11) is 0. The highest BCUT2D eigenvalue weighted by atomic mass is 19.1. The molecule has 0 N–H and O–H groups in total. The highest BCUT2D eigenvalue weighted by Crippen LogP contribution is 2.45. The van der Waals surface area contributed by atoms with Crippen molar-refractivity contribution in [3.63, 3.8) is 0 Å². The minimum Gasteiger partial charge on any atom is -0.374 e. The molecule has 1 heterocycles. The average molecular weight is 287 g/mol. The first kappa shape index (κ1) is 14.6. The summed E-state index contributed by atoms with van der Waals surface area (Å²) in [5.74, 6) is 1.35. The summed E-state index contributed by atoms with van der Waals surface area (Å²) in [6.07, 6.45) is 8.68. The molecular formula is C19H26FN. The van der Waals surface area contributed by atoms with Crippen molar-refractivity contribution >= 4 is 0 Å². The van der Waals surface area contributed by atoms with E-state index in [4.69, 9.17) is 0 Å². The van der Waals surface area contributed by atoms with Crippen LogP contribution in [0.25, 0.3) is 0 Å². The van der Waals surface area contributed by atoms with E-state index in [9.17, 15) is 4.39 Å². The van der Waals surface area contributed by atoms with Crippen molar-refractivity contribution in [1.82, 2.24) is 4.90 Å². The Morgan fingerprint density at radius 1 is 1.33 bits per heavy atom. The molecular weight excluding hydrogens is 261 g/mol. The molecule has 1 saturated heterocycles. The Balaban J connectivity index is 1.78. The van der Waals surface area contributed by atoms with Crippen LogP contribution in [0.5, 0.6) is 0 Å². The standard InChI is InChI=1S/C19H26FN/c1-4-8-19(20,5-2)11-18(16-6-7-16)21-12-15-9-14(3)17(10-15)13-21/h4-5,15,17H,1-3,6-13H2. The van der Waals surface area contributed by atoms with Crippen LogP contribution in [-0.4, -0.2) is 23.7 Å². The van der Waals surface area contributed by atoms with Gasteiger partial charge in [0.1, 0.15) is 5.67 Å². The lowest BCUT2D eigenvalue weighted by Gasteiger charge is -2.37. The molecule has 0 radical (unpaired) electrons. The van der Waals surface area contributed by atoms with Crippen LogP contribution in [0, 0.1) is 11.8 Å². The summed E-state index contributed by atoms with van der Waals surface area (Å²) in [4.78, 5) is 2.46. The number of likely N-dealkylation sites (tertiary alicyclic amines) is 1. The molecule has 1 nitrogen and oxygen atoms in total. The Bertz CT molecular complexity index is 498. The number of alkyl halides is 1. The van der Waals surface area contributed by atoms with Crippen molar-refractivity contribution in [1.29, 1.82) is 0 Å². The van der Waals surface area contributed by atoms with Gasteiger partial charge in [0.15, 0.2) is 0 Å². The lowest BCUT2D eigenvalue weighted by molar-refractivity contribution is 0.170. The number of allylic oxidation sites excluding steroid dienone is 4. The van der Waals surface area contributed by atoms with Crippen LogP contribution in [0.1, 0.15) is 38.5 Å². The van der Waals surface area contributed by atoms with Crippen molar-refractivity contribution in [3.8, 4) is 0 Å². The number of hydrogen-bond donors (Lipinski definition) is 0. The minimum atomic E-state index is -1.35. The fourth-order valence-corrected chi connectivity index (χ4v) is 3.96. The third kappa shape index (κ3) is 3.00. The number of fused-ring (bicyclic) bond motifs is 2. The molecule has 2 aliphatic carbocycles. The van der Waals surface area contributed by atoms with Gasteiger partial charge >= 0.3 is 0 Å². The van der Waals surface area contributed by atoms with E-state index in [1.165, 1.54) is 35.8 Å². The van der Waals surface area contributed by atoms with Crippen LogP contribution in [-0.2, 0) is 0 Å². The van der Waals surface area contributed by atoms with Crippen LogP contribution in [0.3, 0.4) is 0 Å². The third-order valence-electron chi connectivity index (χ3n) is 5.27. The molecule has 2 saturated carbocycles. The maximum atomic E-state index is 14.9. The number of hydrogen-bond acceptors (Lipinski definition) is 1. The SMILES string of the molecule is C=CCC(F)(C=C)CC(=C1CC1)N1CC2CC(=C)C(C2)C1. The summed E-state index contributed by atoms with van der Waals surface area (Å²) < 4.78 is 14.9. The third-order valence-corrected chi connectivity index (χ3v) is 5.27. The molecule has 0 aromatic heterocycles. The van der Waals surface area contributed by atoms with Gasteiger partial charge in [-0.05, 0) is 37.5 Å². The van der Waals surface area contributed by atoms with Gasteiger partial charge in [0, 0.05) is 31.6 Å². The zero-order chi connectivity index (χ0) is 15.0. The van der Waals surface area contributed by atoms with E-state index >= 15 is 0 Å². The fraction of sp³-hybridized carbons (Fsp3) is 0.579. The molecule has 0 spiro atoms. The smallest absolute Gasteiger partial charge is 0.137 e. The van der Waals surface area contributed by atoms with Gasteiger partial charge in [-0.1, -0.05) is 36.5 Å². The average Bonchev–Trinajstić information content (AvgIpc) is 3.25. The first-order valence-electron chi connectivity index (χ1n) is 8.11. The van der Waals surface area contributed by atoms with Crippen molar-refractivity contribution in [2.75, 3.05) is 13.1 Å². The van der Waals surface area contributed by atoms with Crippen LogP contribution in [0.2, 0.25) is 0 Å². The van der Waals surface area contributed by atoms with E-state index in [0.717, 1.165) is 31.8 Å². The highest BCUT2D eigenvalue weighted by Gasteiger charge is 2.39. The van der Waals surface area contributed by atoms with Crippen LogP contribution in [0.15, 0.2) is 48.7 Å². The van der Waals surface area contributed by atoms with Crippen molar-refractivity contribution in [2.24, 2.45) is 11.8 Å². The Morgan fingerprint density at radius 2 is 2.10 bits per heavy atom. The molecule has 3 atom stereocenters. The molecule has 2 heteroatoms. The second kappa shape index (κ2) is 5.47. The van der Waals surface area contributed by atoms with Gasteiger partial charge in [-0.25, -0.2) is 4.39 Å². The molecule has 3 aliphatic rings. The second-order valence-corrected chi connectivity index (χ2v) is 7.02. The van der Waals surface area contributed by atoms with E-state index < -0.39 is 5.67 Å². The van der Waals surface area contributed by atoms with Gasteiger partial charge in [-0.2, -0.15) is 0 Å². The highest BCUT2D eigenvalue weighted by molar-refractivity contribution is 5.29. The zero-order valence-electron chi connectivity index (χ0n) is 12.9. The zero-order valence-corrected chi connectivity index (χ0v) is 12.9. The minimum absolute atomic E-state index is 0.348. The number of nitrogens with zero attached hydrogens (tertiary/aromatic N) is 1. The lowest BCUT2D eigenvalue weighted by Crippen LogP contribution is -2.38. The molecule has 2 bridgehead atoms. The molecule has 3 unspecified atom stereocenters. The molecule has 1 aliphatic heterocycles. The van der Waals surface area contributed by atoms with Gasteiger partial charge in [0.05, 0.1) is 0 Å². The molecule has 21 heavy (non-hydrogen) atoms. The largest absolute Gasteiger partial charge is 0.374 e. The number of rotatable bonds is 6. The fourth-order valence-electron chi connectivity index (χ4n) is 3.96. The summed E-state index contributed by atoms with van der Waals surface area (Å²) in [6, 6.07) is 0. The molecule has 0 aromatic rings. The Kier molecular flexibility index (Phi) is 3.81. The molecule has 3 rings (SSSR count). The monoisotopic (exact) mass is 287 g/mol. The van der Waals surface area contributed by atoms with Crippen molar-refractivity contribution in [2.45, 2.75) is 44.2 Å². The Morgan fingerprint density at radius 3 is 2.67 bits per heavy atom. The summed E-state index contributed by atoms with van der Waals surface area (Å²) in [5.41, 5.74) is 2.77.